The molecule has 80 valence electrons. The molecule has 0 aliphatic carbocycles. The van der Waals surface area contributed by atoms with E-state index in [1.54, 1.807) is 12.1 Å². The summed E-state index contributed by atoms with van der Waals surface area (Å²) in [6.07, 6.45) is 1.28. The topological polar surface area (TPSA) is 6.48 Å². The van der Waals surface area contributed by atoms with Crippen LogP contribution in [-0.4, -0.2) is 37.1 Å². The van der Waals surface area contributed by atoms with Gasteiger partial charge in [-0.05, 0) is 25.6 Å². The van der Waals surface area contributed by atoms with E-state index >= 15 is 0 Å². The van der Waals surface area contributed by atoms with E-state index in [9.17, 15) is 4.39 Å². The fourth-order valence-corrected chi connectivity index (χ4v) is 2.70. The number of piperazine rings is 1. The van der Waals surface area contributed by atoms with E-state index in [0.717, 1.165) is 18.8 Å². The van der Waals surface area contributed by atoms with Crippen molar-refractivity contribution in [2.24, 2.45) is 0 Å². The summed E-state index contributed by atoms with van der Waals surface area (Å²) in [4.78, 5) is 4.57. The van der Waals surface area contributed by atoms with Gasteiger partial charge in [0.1, 0.15) is 5.82 Å². The molecule has 0 saturated carbocycles. The molecule has 3 aliphatic heterocycles. The molecule has 2 nitrogen and oxygen atoms in total. The fraction of sp³-hybridized carbons (Fsp3) is 0.500. The minimum atomic E-state index is -0.0959. The van der Waals surface area contributed by atoms with Crippen molar-refractivity contribution in [2.75, 3.05) is 25.0 Å². The maximum absolute atomic E-state index is 13.6. The van der Waals surface area contributed by atoms with Gasteiger partial charge < -0.3 is 4.90 Å². The molecule has 0 N–H and O–H groups in total. The third kappa shape index (κ3) is 1.34. The molecule has 0 aromatic heterocycles. The maximum atomic E-state index is 13.6. The predicted molar refractivity (Wildman–Crippen MR) is 58.6 cm³/mol. The average Bonchev–Trinajstić information content (AvgIpc) is 2.29. The van der Waals surface area contributed by atoms with Crippen LogP contribution in [0.3, 0.4) is 0 Å². The van der Waals surface area contributed by atoms with Gasteiger partial charge in [-0.15, -0.1) is 0 Å². The van der Waals surface area contributed by atoms with Crippen LogP contribution in [0.1, 0.15) is 6.42 Å². The summed E-state index contributed by atoms with van der Waals surface area (Å²) in [6, 6.07) is 8.32. The summed E-state index contributed by atoms with van der Waals surface area (Å²) >= 11 is 0. The van der Waals surface area contributed by atoms with Crippen LogP contribution in [-0.2, 0) is 0 Å². The van der Waals surface area contributed by atoms with Crippen LogP contribution < -0.4 is 4.90 Å². The number of halogens is 1. The lowest BCUT2D eigenvalue weighted by atomic mass is 9.88. The van der Waals surface area contributed by atoms with Crippen molar-refractivity contribution < 1.29 is 4.39 Å². The Hall–Kier alpha value is -1.09. The first-order chi connectivity index (χ1) is 7.25. The first kappa shape index (κ1) is 9.16. The minimum Gasteiger partial charge on any atom is -0.366 e. The van der Waals surface area contributed by atoms with Crippen LogP contribution in [0.15, 0.2) is 24.3 Å². The van der Waals surface area contributed by atoms with Crippen molar-refractivity contribution in [3.05, 3.63) is 30.1 Å². The highest BCUT2D eigenvalue weighted by Crippen LogP contribution is 2.33. The van der Waals surface area contributed by atoms with Gasteiger partial charge in [0.25, 0.3) is 0 Å². The zero-order valence-electron chi connectivity index (χ0n) is 8.86. The van der Waals surface area contributed by atoms with Crippen LogP contribution in [0, 0.1) is 5.82 Å². The van der Waals surface area contributed by atoms with Gasteiger partial charge in [-0.2, -0.15) is 0 Å². The van der Waals surface area contributed by atoms with Crippen molar-refractivity contribution in [1.82, 2.24) is 4.90 Å². The van der Waals surface area contributed by atoms with Crippen molar-refractivity contribution >= 4 is 5.69 Å². The molecule has 0 spiro atoms. The average molecular weight is 206 g/mol. The van der Waals surface area contributed by atoms with E-state index in [2.05, 4.69) is 16.8 Å². The van der Waals surface area contributed by atoms with E-state index in [1.807, 2.05) is 12.1 Å². The summed E-state index contributed by atoms with van der Waals surface area (Å²) in [5, 5.41) is 0. The Morgan fingerprint density at radius 1 is 1.20 bits per heavy atom. The Kier molecular flexibility index (Phi) is 1.96. The largest absolute Gasteiger partial charge is 0.366 e. The molecular formula is C12H15FN2. The van der Waals surface area contributed by atoms with E-state index < -0.39 is 0 Å². The van der Waals surface area contributed by atoms with Gasteiger partial charge in [-0.3, -0.25) is 4.90 Å². The molecule has 1 aromatic rings. The molecule has 3 heterocycles. The van der Waals surface area contributed by atoms with E-state index in [1.165, 1.54) is 6.42 Å². The first-order valence-electron chi connectivity index (χ1n) is 5.47. The highest BCUT2D eigenvalue weighted by atomic mass is 19.1. The van der Waals surface area contributed by atoms with Crippen LogP contribution in [0.25, 0.3) is 0 Å². The Morgan fingerprint density at radius 3 is 2.47 bits per heavy atom. The van der Waals surface area contributed by atoms with Gasteiger partial charge in [0, 0.05) is 25.2 Å². The summed E-state index contributed by atoms with van der Waals surface area (Å²) in [5.41, 5.74) is 0.764. The Morgan fingerprint density at radius 2 is 1.87 bits per heavy atom. The molecule has 1 aromatic carbocycles. The number of nitrogens with zero attached hydrogens (tertiary/aromatic N) is 2. The summed E-state index contributed by atoms with van der Waals surface area (Å²) < 4.78 is 13.6. The number of rotatable bonds is 1. The summed E-state index contributed by atoms with van der Waals surface area (Å²) in [5.74, 6) is -0.0959. The number of anilines is 1. The Bertz CT molecular complexity index is 368. The lowest BCUT2D eigenvalue weighted by Gasteiger charge is -2.55. The molecule has 2 bridgehead atoms. The second-order valence-corrected chi connectivity index (χ2v) is 4.57. The second-order valence-electron chi connectivity index (χ2n) is 4.57. The lowest BCUT2D eigenvalue weighted by molar-refractivity contribution is 0.0261. The van der Waals surface area contributed by atoms with Crippen LogP contribution in [0.4, 0.5) is 10.1 Å². The number of benzene rings is 1. The highest BCUT2D eigenvalue weighted by molar-refractivity contribution is 5.49. The Balaban J connectivity index is 1.83. The normalized spacial score (nSPS) is 30.1. The molecule has 3 aliphatic rings. The number of likely N-dealkylation sites (N-methyl/N-ethyl adjacent to an activating group) is 1. The molecule has 2 unspecified atom stereocenters. The lowest BCUT2D eigenvalue weighted by Crippen LogP contribution is -2.67. The third-order valence-electron chi connectivity index (χ3n) is 3.75. The van der Waals surface area contributed by atoms with Gasteiger partial charge in [0.2, 0.25) is 0 Å². The summed E-state index contributed by atoms with van der Waals surface area (Å²) in [6.45, 7) is 1.93. The molecule has 3 heteroatoms. The molecule has 15 heavy (non-hydrogen) atoms. The molecule has 3 fully saturated rings. The smallest absolute Gasteiger partial charge is 0.146 e. The molecule has 2 atom stereocenters. The molecule has 3 saturated heterocycles. The maximum Gasteiger partial charge on any atom is 0.146 e. The van der Waals surface area contributed by atoms with E-state index in [-0.39, 0.29) is 5.82 Å². The van der Waals surface area contributed by atoms with Crippen LogP contribution in [0.2, 0.25) is 0 Å². The number of hydrogen-bond acceptors (Lipinski definition) is 2. The summed E-state index contributed by atoms with van der Waals surface area (Å²) in [7, 11) is 2.16. The molecule has 0 radical (unpaired) electrons. The fourth-order valence-electron chi connectivity index (χ4n) is 2.70. The molecule has 4 rings (SSSR count). The number of hydrogen-bond donors (Lipinski definition) is 0. The Labute approximate surface area is 89.3 Å². The number of para-hydroxylation sites is 1. The van der Waals surface area contributed by atoms with Gasteiger partial charge in [-0.25, -0.2) is 4.39 Å². The van der Waals surface area contributed by atoms with Gasteiger partial charge in [0.15, 0.2) is 0 Å². The second kappa shape index (κ2) is 3.20. The predicted octanol–water partition coefficient (Wildman–Crippen LogP) is 1.72. The van der Waals surface area contributed by atoms with Gasteiger partial charge in [-0.1, -0.05) is 12.1 Å². The van der Waals surface area contributed by atoms with Crippen molar-refractivity contribution in [3.8, 4) is 0 Å². The number of fused-ring (bicyclic) bond motifs is 2. The van der Waals surface area contributed by atoms with Crippen molar-refractivity contribution in [1.29, 1.82) is 0 Å². The van der Waals surface area contributed by atoms with Crippen molar-refractivity contribution in [2.45, 2.75) is 18.5 Å². The van der Waals surface area contributed by atoms with Gasteiger partial charge >= 0.3 is 0 Å². The minimum absolute atomic E-state index is 0.0959. The highest BCUT2D eigenvalue weighted by Gasteiger charge is 2.42. The molecule has 0 amide bonds. The van der Waals surface area contributed by atoms with Crippen LogP contribution >= 0.6 is 0 Å². The SMILES string of the molecule is CN1C2CC1CN(c1ccccc1F)C2. The quantitative estimate of drug-likeness (QED) is 0.690. The van der Waals surface area contributed by atoms with E-state index in [0.29, 0.717) is 12.1 Å². The zero-order chi connectivity index (χ0) is 10.4. The van der Waals surface area contributed by atoms with Crippen LogP contribution in [0.5, 0.6) is 0 Å². The monoisotopic (exact) mass is 206 g/mol. The van der Waals surface area contributed by atoms with Gasteiger partial charge in [0.05, 0.1) is 5.69 Å². The third-order valence-corrected chi connectivity index (χ3v) is 3.75. The molecular weight excluding hydrogens is 191 g/mol. The van der Waals surface area contributed by atoms with E-state index in [4.69, 9.17) is 0 Å². The number of piperidine rings is 1. The standard InChI is InChI=1S/C12H15FN2/c1-14-9-6-10(14)8-15(7-9)12-5-3-2-4-11(12)13/h2-5,9-10H,6-8H2,1H3. The van der Waals surface area contributed by atoms with Crippen molar-refractivity contribution in [3.63, 3.8) is 0 Å². The zero-order valence-corrected chi connectivity index (χ0v) is 8.86. The first-order valence-corrected chi connectivity index (χ1v) is 5.47.